The molecule has 1 nitrogen and oxygen atoms in total. The van der Waals surface area contributed by atoms with Crippen LogP contribution in [0.2, 0.25) is 0 Å². The van der Waals surface area contributed by atoms with Crippen molar-refractivity contribution in [2.24, 2.45) is 0 Å². The van der Waals surface area contributed by atoms with Gasteiger partial charge in [0.2, 0.25) is 0 Å². The third-order valence-corrected chi connectivity index (χ3v) is 9.97. The largest absolute Gasteiger partial charge is 0.310 e. The minimum Gasteiger partial charge on any atom is -0.310 e. The van der Waals surface area contributed by atoms with Crippen molar-refractivity contribution in [1.29, 1.82) is 0 Å². The summed E-state index contributed by atoms with van der Waals surface area (Å²) in [5, 5.41) is 10.4. The summed E-state index contributed by atoms with van der Waals surface area (Å²) in [6.07, 6.45) is 0. The second kappa shape index (κ2) is 10.1. The number of anilines is 3. The zero-order valence-electron chi connectivity index (χ0n) is 23.9. The zero-order valence-corrected chi connectivity index (χ0v) is 24.8. The molecule has 0 bridgehead atoms. The van der Waals surface area contributed by atoms with Crippen molar-refractivity contribution in [3.05, 3.63) is 164 Å². The average molecular weight is 578 g/mol. The van der Waals surface area contributed by atoms with E-state index in [0.29, 0.717) is 0 Å². The third-order valence-electron chi connectivity index (χ3n) is 8.84. The highest BCUT2D eigenvalue weighted by Crippen LogP contribution is 2.41. The number of nitrogens with zero attached hydrogens (tertiary/aromatic N) is 1. The van der Waals surface area contributed by atoms with Crippen LogP contribution in [0.25, 0.3) is 63.6 Å². The molecule has 1 aromatic heterocycles. The maximum absolute atomic E-state index is 2.35. The van der Waals surface area contributed by atoms with Crippen molar-refractivity contribution < 1.29 is 0 Å². The number of hydrogen-bond donors (Lipinski definition) is 0. The first kappa shape index (κ1) is 25.1. The van der Waals surface area contributed by atoms with Crippen LogP contribution in [0.4, 0.5) is 17.1 Å². The van der Waals surface area contributed by atoms with Crippen LogP contribution in [0.3, 0.4) is 0 Å². The number of fused-ring (bicyclic) bond motifs is 8. The first-order valence-corrected chi connectivity index (χ1v) is 15.8. The number of rotatable bonds is 4. The van der Waals surface area contributed by atoms with E-state index >= 15 is 0 Å². The van der Waals surface area contributed by atoms with Crippen LogP contribution in [0.1, 0.15) is 0 Å². The molecular weight excluding hydrogens is 551 g/mol. The molecule has 0 radical (unpaired) electrons. The fourth-order valence-corrected chi connectivity index (χ4v) is 7.83. The van der Waals surface area contributed by atoms with Crippen LogP contribution >= 0.6 is 11.3 Å². The standard InChI is InChI=1S/C42H27NS/c1-2-9-32(10-3-1)43(34-21-25-40-39-12-6-7-13-41(39)44-42(40)27-34)33-19-14-28(15-20-33)30-17-22-36-31(26-30)18-24-37-35-11-5-4-8-29(35)16-23-38(36)37/h1-27H. The number of thiophene rings is 1. The molecule has 1 heterocycles. The molecule has 0 spiro atoms. The van der Waals surface area contributed by atoms with Crippen molar-refractivity contribution >= 4 is 80.9 Å². The molecule has 0 atom stereocenters. The predicted octanol–water partition coefficient (Wildman–Crippen LogP) is 12.7. The van der Waals surface area contributed by atoms with E-state index in [4.69, 9.17) is 0 Å². The first-order chi connectivity index (χ1) is 21.8. The van der Waals surface area contributed by atoms with Gasteiger partial charge in [-0.25, -0.2) is 0 Å². The highest BCUT2D eigenvalue weighted by molar-refractivity contribution is 7.25. The van der Waals surface area contributed by atoms with Crippen molar-refractivity contribution in [3.63, 3.8) is 0 Å². The highest BCUT2D eigenvalue weighted by Gasteiger charge is 2.15. The quantitative estimate of drug-likeness (QED) is 0.188. The second-order valence-electron chi connectivity index (χ2n) is 11.4. The van der Waals surface area contributed by atoms with Crippen LogP contribution in [0, 0.1) is 0 Å². The molecule has 0 aliphatic rings. The lowest BCUT2D eigenvalue weighted by Gasteiger charge is -2.25. The lowest BCUT2D eigenvalue weighted by Crippen LogP contribution is -2.09. The Morgan fingerprint density at radius 3 is 1.73 bits per heavy atom. The highest BCUT2D eigenvalue weighted by atomic mass is 32.1. The zero-order chi connectivity index (χ0) is 29.0. The number of benzene rings is 8. The van der Waals surface area contributed by atoms with Gasteiger partial charge in [-0.1, -0.05) is 115 Å². The molecule has 8 aromatic carbocycles. The summed E-state index contributed by atoms with van der Waals surface area (Å²) in [5.74, 6) is 0. The molecule has 9 rings (SSSR count). The summed E-state index contributed by atoms with van der Waals surface area (Å²) in [5.41, 5.74) is 5.88. The molecule has 206 valence electrons. The molecule has 0 aliphatic heterocycles. The number of para-hydroxylation sites is 1. The van der Waals surface area contributed by atoms with Gasteiger partial charge in [-0.3, -0.25) is 0 Å². The Hall–Kier alpha value is -5.44. The van der Waals surface area contributed by atoms with Crippen molar-refractivity contribution in [2.45, 2.75) is 0 Å². The smallest absolute Gasteiger partial charge is 0.0476 e. The Balaban J connectivity index is 1.11. The molecule has 0 unspecified atom stereocenters. The van der Waals surface area contributed by atoms with Gasteiger partial charge in [-0.15, -0.1) is 11.3 Å². The van der Waals surface area contributed by atoms with Gasteiger partial charge in [-0.2, -0.15) is 0 Å². The van der Waals surface area contributed by atoms with E-state index in [0.717, 1.165) is 17.1 Å². The molecule has 0 saturated carbocycles. The van der Waals surface area contributed by atoms with Crippen LogP contribution in [-0.2, 0) is 0 Å². The van der Waals surface area contributed by atoms with Gasteiger partial charge in [0.05, 0.1) is 0 Å². The summed E-state index contributed by atoms with van der Waals surface area (Å²) in [7, 11) is 0. The minimum atomic E-state index is 1.14. The molecule has 0 fully saturated rings. The summed E-state index contributed by atoms with van der Waals surface area (Å²) in [4.78, 5) is 2.35. The van der Waals surface area contributed by atoms with Gasteiger partial charge in [0.15, 0.2) is 0 Å². The molecule has 0 saturated heterocycles. The summed E-state index contributed by atoms with van der Waals surface area (Å²) in [6.45, 7) is 0. The van der Waals surface area contributed by atoms with Crippen LogP contribution in [0.15, 0.2) is 164 Å². The Bertz CT molecular complexity index is 2490. The van der Waals surface area contributed by atoms with Gasteiger partial charge in [0.25, 0.3) is 0 Å². The lowest BCUT2D eigenvalue weighted by molar-refractivity contribution is 1.29. The van der Waals surface area contributed by atoms with Crippen molar-refractivity contribution in [2.75, 3.05) is 4.90 Å². The maximum atomic E-state index is 2.35. The van der Waals surface area contributed by atoms with E-state index in [9.17, 15) is 0 Å². The monoisotopic (exact) mass is 577 g/mol. The third kappa shape index (κ3) is 4.07. The minimum absolute atomic E-state index is 1.14. The van der Waals surface area contributed by atoms with Gasteiger partial charge in [0, 0.05) is 37.2 Å². The molecular formula is C42H27NS. The SMILES string of the molecule is c1ccc(N(c2ccc(-c3ccc4c(ccc5c6ccccc6ccc45)c3)cc2)c2ccc3c(c2)sc2ccccc23)cc1. The predicted molar refractivity (Wildman–Crippen MR) is 192 cm³/mol. The van der Waals surface area contributed by atoms with Crippen LogP contribution < -0.4 is 4.90 Å². The van der Waals surface area contributed by atoms with Gasteiger partial charge >= 0.3 is 0 Å². The maximum Gasteiger partial charge on any atom is 0.0476 e. The molecule has 0 aliphatic carbocycles. The van der Waals surface area contributed by atoms with Gasteiger partial charge in [-0.05, 0) is 92.0 Å². The molecule has 9 aromatic rings. The Morgan fingerprint density at radius 2 is 0.886 bits per heavy atom. The van der Waals surface area contributed by atoms with Crippen molar-refractivity contribution in [3.8, 4) is 11.1 Å². The Labute approximate surface area is 259 Å². The van der Waals surface area contributed by atoms with E-state index in [2.05, 4.69) is 169 Å². The van der Waals surface area contributed by atoms with Gasteiger partial charge in [0.1, 0.15) is 0 Å². The Morgan fingerprint density at radius 1 is 0.318 bits per heavy atom. The van der Waals surface area contributed by atoms with E-state index < -0.39 is 0 Å². The molecule has 2 heteroatoms. The number of hydrogen-bond acceptors (Lipinski definition) is 2. The summed E-state index contributed by atoms with van der Waals surface area (Å²) < 4.78 is 2.63. The van der Waals surface area contributed by atoms with E-state index in [1.807, 2.05) is 11.3 Å². The molecule has 0 N–H and O–H groups in total. The van der Waals surface area contributed by atoms with E-state index in [1.54, 1.807) is 0 Å². The van der Waals surface area contributed by atoms with E-state index in [-0.39, 0.29) is 0 Å². The normalized spacial score (nSPS) is 11.6. The summed E-state index contributed by atoms with van der Waals surface area (Å²) in [6, 6.07) is 59.7. The van der Waals surface area contributed by atoms with Crippen molar-refractivity contribution in [1.82, 2.24) is 0 Å². The van der Waals surface area contributed by atoms with Crippen LogP contribution in [0.5, 0.6) is 0 Å². The molecule has 44 heavy (non-hydrogen) atoms. The topological polar surface area (TPSA) is 3.24 Å². The first-order valence-electron chi connectivity index (χ1n) is 15.0. The van der Waals surface area contributed by atoms with Gasteiger partial charge < -0.3 is 4.90 Å². The Kier molecular flexibility index (Phi) is 5.75. The fourth-order valence-electron chi connectivity index (χ4n) is 6.69. The second-order valence-corrected chi connectivity index (χ2v) is 12.5. The lowest BCUT2D eigenvalue weighted by atomic mass is 9.95. The fraction of sp³-hybridized carbons (Fsp3) is 0. The van der Waals surface area contributed by atoms with Crippen LogP contribution in [-0.4, -0.2) is 0 Å². The summed E-state index contributed by atoms with van der Waals surface area (Å²) >= 11 is 1.86. The molecule has 0 amide bonds. The average Bonchev–Trinajstić information content (AvgIpc) is 3.46. The van der Waals surface area contributed by atoms with E-state index in [1.165, 1.54) is 63.6 Å².